The van der Waals surface area contributed by atoms with Crippen LogP contribution in [-0.4, -0.2) is 61.9 Å². The Kier molecular flexibility index (Phi) is 8.50. The van der Waals surface area contributed by atoms with Crippen LogP contribution < -0.4 is 5.32 Å². The van der Waals surface area contributed by atoms with E-state index in [2.05, 4.69) is 10.2 Å². The van der Waals surface area contributed by atoms with Crippen molar-refractivity contribution in [3.63, 3.8) is 0 Å². The van der Waals surface area contributed by atoms with Gasteiger partial charge in [0.25, 0.3) is 0 Å². The molecule has 1 saturated carbocycles. The third-order valence-electron chi connectivity index (χ3n) is 7.05. The summed E-state index contributed by atoms with van der Waals surface area (Å²) in [7, 11) is 0. The van der Waals surface area contributed by atoms with Gasteiger partial charge in [0.2, 0.25) is 0 Å². The fourth-order valence-electron chi connectivity index (χ4n) is 5.04. The van der Waals surface area contributed by atoms with Gasteiger partial charge in [-0.2, -0.15) is 0 Å². The summed E-state index contributed by atoms with van der Waals surface area (Å²) in [4.78, 5) is 27.1. The number of nitrogens with one attached hydrogen (secondary N) is 1. The van der Waals surface area contributed by atoms with Crippen LogP contribution in [0.15, 0.2) is 48.5 Å². The van der Waals surface area contributed by atoms with E-state index in [9.17, 15) is 27.9 Å². The van der Waals surface area contributed by atoms with Crippen molar-refractivity contribution in [2.24, 2.45) is 0 Å². The summed E-state index contributed by atoms with van der Waals surface area (Å²) in [6, 6.07) is 11.9. The molecule has 1 atom stereocenters. The number of likely N-dealkylation sites (tertiary alicyclic amines) is 1. The molecule has 2 fully saturated rings. The Bertz CT molecular complexity index is 1090. The van der Waals surface area contributed by atoms with Gasteiger partial charge in [-0.3, -0.25) is 0 Å². The average molecular weight is 584 g/mol. The normalized spacial score (nSPS) is 25.4. The second kappa shape index (κ2) is 11.3. The Morgan fingerprint density at radius 3 is 2.47 bits per heavy atom. The fourth-order valence-corrected chi connectivity index (χ4v) is 7.51. The summed E-state index contributed by atoms with van der Waals surface area (Å²) in [5.41, 5.74) is -0.947. The van der Waals surface area contributed by atoms with Crippen LogP contribution in [0.3, 0.4) is 0 Å². The molecule has 2 aromatic rings. The van der Waals surface area contributed by atoms with Gasteiger partial charge < -0.3 is 0 Å². The maximum atomic E-state index is 12.9. The van der Waals surface area contributed by atoms with Crippen LogP contribution in [0.25, 0.3) is 0 Å². The van der Waals surface area contributed by atoms with Gasteiger partial charge in [0, 0.05) is 0 Å². The number of nitrogens with zero attached hydrogens (tertiary/aromatic N) is 1. The number of amides is 1. The minimum absolute atomic E-state index is 0.0424. The zero-order valence-corrected chi connectivity index (χ0v) is 22.2. The second-order valence-electron chi connectivity index (χ2n) is 9.49. The van der Waals surface area contributed by atoms with Crippen LogP contribution in [0.4, 0.5) is 13.2 Å². The van der Waals surface area contributed by atoms with Gasteiger partial charge in [-0.05, 0) is 0 Å². The van der Waals surface area contributed by atoms with Crippen molar-refractivity contribution in [3.05, 3.63) is 70.2 Å². The number of rotatable bonds is 7. The Morgan fingerprint density at radius 2 is 1.81 bits per heavy atom. The van der Waals surface area contributed by atoms with Crippen LogP contribution in [-0.2, 0) is 16.6 Å². The molecule has 5 nitrogen and oxygen atoms in total. The number of carbonyl (C=O) groups is 2. The zero-order chi connectivity index (χ0) is 25.9. The van der Waals surface area contributed by atoms with E-state index in [0.29, 0.717) is 23.9 Å². The first kappa shape index (κ1) is 27.2. The van der Waals surface area contributed by atoms with Crippen molar-refractivity contribution in [1.82, 2.24) is 10.2 Å². The van der Waals surface area contributed by atoms with Gasteiger partial charge in [0.1, 0.15) is 0 Å². The molecule has 2 aliphatic rings. The number of halogens is 4. The number of hydrogen-bond acceptors (Lipinski definition) is 4. The quantitative estimate of drug-likeness (QED) is 0.466. The summed E-state index contributed by atoms with van der Waals surface area (Å²) in [5.74, 6) is -0.681. The molecule has 1 radical (unpaired) electrons. The van der Waals surface area contributed by atoms with Crippen LogP contribution >= 0.6 is 11.6 Å². The predicted molar refractivity (Wildman–Crippen MR) is 132 cm³/mol. The average Bonchev–Trinajstić information content (AvgIpc) is 3.31. The van der Waals surface area contributed by atoms with Gasteiger partial charge in [-0.15, -0.1) is 0 Å². The second-order valence-corrected chi connectivity index (χ2v) is 13.0. The van der Waals surface area contributed by atoms with Gasteiger partial charge in [0.05, 0.1) is 0 Å². The predicted octanol–water partition coefficient (Wildman–Crippen LogP) is 4.64. The summed E-state index contributed by atoms with van der Waals surface area (Å²) in [5, 5.41) is 14.2. The van der Waals surface area contributed by atoms with Crippen LogP contribution in [0.2, 0.25) is 9.73 Å². The van der Waals surface area contributed by atoms with Crippen molar-refractivity contribution < 1.29 is 27.9 Å². The molecule has 36 heavy (non-hydrogen) atoms. The van der Waals surface area contributed by atoms with Crippen molar-refractivity contribution in [2.45, 2.75) is 54.6 Å². The molecule has 1 heterocycles. The number of carbonyl (C=O) groups excluding carboxylic acids is 2. The molecule has 0 spiro atoms. The molecule has 0 unspecified atom stereocenters. The van der Waals surface area contributed by atoms with E-state index in [0.717, 1.165) is 50.0 Å². The molecule has 0 aromatic heterocycles. The molecule has 10 heteroatoms. The standard InChI is InChI=1S/C26H28AsClF3N2O3/c28-21-6-4-18(5-7-21)25(36)11-8-22(9-12-25)33-13-10-20(16-33)27-23(34)15-32-24(35)17-2-1-3-19(14-17)26(29,30)31/h1-7,14,20,22,36H,8-13,15-16H2,(H,32,35)/t20-,22?,25?/m1/s1. The molecule has 2 aromatic carbocycles. The molecule has 193 valence electrons. The Morgan fingerprint density at radius 1 is 1.11 bits per heavy atom. The molecule has 1 aliphatic heterocycles. The molecule has 1 amide bonds. The molecule has 2 N–H and O–H groups in total. The molecular formula is C26H28AsClF3N2O3. The van der Waals surface area contributed by atoms with Crippen molar-refractivity contribution >= 4 is 37.8 Å². The van der Waals surface area contributed by atoms with E-state index in [-0.39, 0.29) is 21.4 Å². The molecular weight excluding hydrogens is 556 g/mol. The van der Waals surface area contributed by atoms with Gasteiger partial charge in [-0.25, -0.2) is 0 Å². The topological polar surface area (TPSA) is 69.6 Å². The first-order chi connectivity index (χ1) is 17.0. The van der Waals surface area contributed by atoms with Crippen LogP contribution in [0.5, 0.6) is 0 Å². The van der Waals surface area contributed by atoms with Gasteiger partial charge >= 0.3 is 220 Å². The summed E-state index contributed by atoms with van der Waals surface area (Å²) >= 11 is 5.32. The number of benzene rings is 2. The summed E-state index contributed by atoms with van der Waals surface area (Å²) in [6.45, 7) is 1.58. The van der Waals surface area contributed by atoms with Gasteiger partial charge in [0.15, 0.2) is 0 Å². The Labute approximate surface area is 220 Å². The first-order valence-electron chi connectivity index (χ1n) is 12.0. The van der Waals surface area contributed by atoms with E-state index < -0.39 is 39.0 Å². The molecule has 4 rings (SSSR count). The SMILES string of the molecule is O=C(CNC(=O)c1cccc(C(F)(F)F)c1)[As][C@@H]1CCN(C2CCC(O)(c3ccc(Cl)cc3)CC2)C1. The van der Waals surface area contributed by atoms with Gasteiger partial charge in [-0.1, -0.05) is 0 Å². The summed E-state index contributed by atoms with van der Waals surface area (Å²) in [6.07, 6.45) is -0.501. The summed E-state index contributed by atoms with van der Waals surface area (Å²) < 4.78 is 38.8. The third-order valence-corrected chi connectivity index (χ3v) is 9.89. The van der Waals surface area contributed by atoms with E-state index in [1.807, 2.05) is 12.1 Å². The van der Waals surface area contributed by atoms with Crippen LogP contribution in [0.1, 0.15) is 53.6 Å². The van der Waals surface area contributed by atoms with Crippen LogP contribution in [0, 0.1) is 0 Å². The molecule has 0 bridgehead atoms. The zero-order valence-electron chi connectivity index (χ0n) is 19.6. The van der Waals surface area contributed by atoms with E-state index >= 15 is 0 Å². The number of aliphatic hydroxyl groups is 1. The maximum absolute atomic E-state index is 12.9. The van der Waals surface area contributed by atoms with E-state index in [4.69, 9.17) is 11.6 Å². The minimum atomic E-state index is -4.53. The Hall–Kier alpha value is -1.86. The Balaban J connectivity index is 1.21. The van der Waals surface area contributed by atoms with Crippen molar-refractivity contribution in [3.8, 4) is 0 Å². The van der Waals surface area contributed by atoms with E-state index in [1.54, 1.807) is 12.1 Å². The molecule has 1 aliphatic carbocycles. The van der Waals surface area contributed by atoms with Crippen molar-refractivity contribution in [2.75, 3.05) is 19.6 Å². The number of alkyl halides is 3. The molecule has 1 saturated heterocycles. The van der Waals surface area contributed by atoms with E-state index in [1.165, 1.54) is 12.1 Å². The number of hydrogen-bond donors (Lipinski definition) is 2. The first-order valence-corrected chi connectivity index (χ1v) is 14.3. The monoisotopic (exact) mass is 583 g/mol. The van der Waals surface area contributed by atoms with Crippen molar-refractivity contribution in [1.29, 1.82) is 0 Å². The third kappa shape index (κ3) is 6.71. The fraction of sp³-hybridized carbons (Fsp3) is 0.462.